The summed E-state index contributed by atoms with van der Waals surface area (Å²) in [6.07, 6.45) is 0. The van der Waals surface area contributed by atoms with Crippen molar-refractivity contribution in [1.29, 1.82) is 0 Å². The van der Waals surface area contributed by atoms with E-state index in [1.165, 1.54) is 6.07 Å². The van der Waals surface area contributed by atoms with Gasteiger partial charge in [-0.05, 0) is 6.92 Å². The van der Waals surface area contributed by atoms with Crippen LogP contribution in [0.4, 0.5) is 11.6 Å². The molecule has 0 aromatic carbocycles. The summed E-state index contributed by atoms with van der Waals surface area (Å²) in [6.45, 7) is 2.53. The van der Waals surface area contributed by atoms with Crippen LogP contribution in [-0.4, -0.2) is 32.1 Å². The summed E-state index contributed by atoms with van der Waals surface area (Å²) in [5.74, 6) is 1.38. The van der Waals surface area contributed by atoms with Gasteiger partial charge in [0.25, 0.3) is 0 Å². The first-order chi connectivity index (χ1) is 7.61. The van der Waals surface area contributed by atoms with Gasteiger partial charge in [-0.1, -0.05) is 0 Å². The fourth-order valence-electron chi connectivity index (χ4n) is 0.874. The van der Waals surface area contributed by atoms with Crippen LogP contribution in [0.3, 0.4) is 0 Å². The number of aromatic hydroxyl groups is 1. The molecule has 0 spiro atoms. The molecule has 0 atom stereocenters. The van der Waals surface area contributed by atoms with Crippen molar-refractivity contribution < 1.29 is 9.84 Å². The Balaban J connectivity index is 0.000000165. The molecule has 0 saturated heterocycles. The summed E-state index contributed by atoms with van der Waals surface area (Å²) < 4.78 is 5.03. The Kier molecular flexibility index (Phi) is 4.01. The Bertz CT molecular complexity index is 407. The zero-order valence-electron chi connectivity index (χ0n) is 8.77. The van der Waals surface area contributed by atoms with Crippen molar-refractivity contribution in [2.24, 2.45) is 0 Å². The third-order valence-electron chi connectivity index (χ3n) is 1.46. The number of hydrogen-bond acceptors (Lipinski definition) is 6. The van der Waals surface area contributed by atoms with Crippen molar-refractivity contribution in [3.05, 3.63) is 12.1 Å². The molecule has 0 amide bonds. The standard InChI is InChI=1S/C5H9N3O.C3H5N3O/c1-2-9-5-3-4(6)7-8-5;4-2-1-3(7)6-5-2/h3H,2H2,1H3,(H3,6,7,8);1H,(H4,4,5,6,7). The minimum Gasteiger partial charge on any atom is -0.494 e. The van der Waals surface area contributed by atoms with Gasteiger partial charge in [-0.3, -0.25) is 0 Å². The number of nitrogens with zero attached hydrogens (tertiary/aromatic N) is 2. The van der Waals surface area contributed by atoms with E-state index in [0.717, 1.165) is 0 Å². The summed E-state index contributed by atoms with van der Waals surface area (Å²) in [5.41, 5.74) is 10.4. The predicted octanol–water partition coefficient (Wildman–Crippen LogP) is 0.0881. The van der Waals surface area contributed by atoms with Gasteiger partial charge in [0.2, 0.25) is 11.8 Å². The molecule has 2 aromatic heterocycles. The van der Waals surface area contributed by atoms with Gasteiger partial charge in [-0.15, -0.1) is 0 Å². The van der Waals surface area contributed by atoms with E-state index in [1.807, 2.05) is 6.92 Å². The summed E-state index contributed by atoms with van der Waals surface area (Å²) in [7, 11) is 0. The molecule has 8 nitrogen and oxygen atoms in total. The van der Waals surface area contributed by atoms with Gasteiger partial charge in [-0.25, -0.2) is 10.2 Å². The zero-order valence-corrected chi connectivity index (χ0v) is 8.77. The van der Waals surface area contributed by atoms with Crippen LogP contribution in [0.2, 0.25) is 0 Å². The van der Waals surface area contributed by atoms with Gasteiger partial charge in [0, 0.05) is 12.1 Å². The van der Waals surface area contributed by atoms with Gasteiger partial charge in [0.1, 0.15) is 11.6 Å². The monoisotopic (exact) mass is 226 g/mol. The van der Waals surface area contributed by atoms with Crippen LogP contribution in [0.25, 0.3) is 0 Å². The first-order valence-corrected chi connectivity index (χ1v) is 4.55. The summed E-state index contributed by atoms with van der Waals surface area (Å²) >= 11 is 0. The normalized spacial score (nSPS) is 9.31. The lowest BCUT2D eigenvalue weighted by atomic mass is 10.6. The quantitative estimate of drug-likeness (QED) is 0.491. The molecule has 7 N–H and O–H groups in total. The molecule has 2 rings (SSSR count). The Labute approximate surface area is 91.6 Å². The molecule has 0 aliphatic rings. The lowest BCUT2D eigenvalue weighted by Crippen LogP contribution is -1.90. The molecule has 0 fully saturated rings. The number of nitrogens with one attached hydrogen (secondary N) is 2. The molecule has 0 aliphatic carbocycles. The maximum absolute atomic E-state index is 8.46. The molecule has 2 heterocycles. The van der Waals surface area contributed by atoms with Gasteiger partial charge >= 0.3 is 0 Å². The average molecular weight is 226 g/mol. The smallest absolute Gasteiger partial charge is 0.211 e. The number of H-pyrrole nitrogens is 2. The molecular weight excluding hydrogens is 212 g/mol. The molecule has 88 valence electrons. The molecule has 16 heavy (non-hydrogen) atoms. The molecule has 2 aromatic rings. The number of ether oxygens (including phenoxy) is 1. The number of hydrogen-bond donors (Lipinski definition) is 5. The van der Waals surface area contributed by atoms with Gasteiger partial charge in [0.05, 0.1) is 6.61 Å². The van der Waals surface area contributed by atoms with E-state index in [9.17, 15) is 0 Å². The highest BCUT2D eigenvalue weighted by molar-refractivity contribution is 5.31. The van der Waals surface area contributed by atoms with Crippen LogP contribution >= 0.6 is 0 Å². The van der Waals surface area contributed by atoms with Crippen molar-refractivity contribution in [3.8, 4) is 11.8 Å². The first kappa shape index (κ1) is 11.7. The highest BCUT2D eigenvalue weighted by Gasteiger charge is 1.93. The molecule has 0 aliphatic heterocycles. The number of nitrogen functional groups attached to an aromatic ring is 2. The van der Waals surface area contributed by atoms with Crippen molar-refractivity contribution in [3.63, 3.8) is 0 Å². The minimum absolute atomic E-state index is 0.00231. The van der Waals surface area contributed by atoms with E-state index in [0.29, 0.717) is 24.1 Å². The first-order valence-electron chi connectivity index (χ1n) is 4.55. The van der Waals surface area contributed by atoms with Gasteiger partial charge in [-0.2, -0.15) is 10.2 Å². The lowest BCUT2D eigenvalue weighted by molar-refractivity contribution is 0.326. The molecular formula is C8H14N6O2. The second kappa shape index (κ2) is 5.49. The van der Waals surface area contributed by atoms with Crippen LogP contribution in [0.5, 0.6) is 11.8 Å². The average Bonchev–Trinajstić information content (AvgIpc) is 2.78. The van der Waals surface area contributed by atoms with Gasteiger partial charge in [0.15, 0.2) is 0 Å². The predicted molar refractivity (Wildman–Crippen MR) is 58.8 cm³/mol. The van der Waals surface area contributed by atoms with Crippen molar-refractivity contribution in [2.45, 2.75) is 6.92 Å². The SMILES string of the molecule is CCOc1cc(N)n[nH]1.Nc1cc(O)[nH]n1. The molecule has 0 bridgehead atoms. The third kappa shape index (κ3) is 3.78. The largest absolute Gasteiger partial charge is 0.494 e. The van der Waals surface area contributed by atoms with E-state index in [1.54, 1.807) is 6.07 Å². The molecule has 8 heteroatoms. The highest BCUT2D eigenvalue weighted by Crippen LogP contribution is 2.07. The van der Waals surface area contributed by atoms with Crippen LogP contribution < -0.4 is 16.2 Å². The maximum Gasteiger partial charge on any atom is 0.211 e. The molecule has 0 radical (unpaired) electrons. The Hall–Kier alpha value is -2.38. The molecule has 0 saturated carbocycles. The fraction of sp³-hybridized carbons (Fsp3) is 0.250. The Morgan fingerprint density at radius 1 is 1.25 bits per heavy atom. The number of rotatable bonds is 2. The summed E-state index contributed by atoms with van der Waals surface area (Å²) in [6, 6.07) is 2.98. The zero-order chi connectivity index (χ0) is 12.0. The Morgan fingerprint density at radius 3 is 2.19 bits per heavy atom. The topological polar surface area (TPSA) is 139 Å². The maximum atomic E-state index is 8.46. The molecule has 0 unspecified atom stereocenters. The van der Waals surface area contributed by atoms with Crippen molar-refractivity contribution >= 4 is 11.6 Å². The lowest BCUT2D eigenvalue weighted by Gasteiger charge is -1.93. The fourth-order valence-corrected chi connectivity index (χ4v) is 0.874. The number of nitrogens with two attached hydrogens (primary N) is 2. The van der Waals surface area contributed by atoms with E-state index in [4.69, 9.17) is 21.3 Å². The third-order valence-corrected chi connectivity index (χ3v) is 1.46. The van der Waals surface area contributed by atoms with Crippen molar-refractivity contribution in [1.82, 2.24) is 20.4 Å². The highest BCUT2D eigenvalue weighted by atomic mass is 16.5. The van der Waals surface area contributed by atoms with E-state index in [-0.39, 0.29) is 5.88 Å². The second-order valence-electron chi connectivity index (χ2n) is 2.77. The number of aromatic amines is 2. The summed E-state index contributed by atoms with van der Waals surface area (Å²) in [4.78, 5) is 0. The summed E-state index contributed by atoms with van der Waals surface area (Å²) in [5, 5.41) is 20.4. The number of anilines is 2. The second-order valence-corrected chi connectivity index (χ2v) is 2.77. The van der Waals surface area contributed by atoms with Crippen LogP contribution in [-0.2, 0) is 0 Å². The van der Waals surface area contributed by atoms with Crippen LogP contribution in [0.1, 0.15) is 6.92 Å². The van der Waals surface area contributed by atoms with Crippen molar-refractivity contribution in [2.75, 3.05) is 18.1 Å². The van der Waals surface area contributed by atoms with E-state index >= 15 is 0 Å². The Morgan fingerprint density at radius 2 is 1.88 bits per heavy atom. The van der Waals surface area contributed by atoms with Gasteiger partial charge < -0.3 is 21.3 Å². The van der Waals surface area contributed by atoms with E-state index in [2.05, 4.69) is 20.4 Å². The van der Waals surface area contributed by atoms with E-state index < -0.39 is 0 Å². The van der Waals surface area contributed by atoms with Crippen LogP contribution in [0.15, 0.2) is 12.1 Å². The minimum atomic E-state index is -0.00231. The van der Waals surface area contributed by atoms with Crippen LogP contribution in [0, 0.1) is 0 Å². The number of aromatic nitrogens is 4.